The largest absolute Gasteiger partial charge is 0.399 e. The molecule has 2 heterocycles. The quantitative estimate of drug-likeness (QED) is 0.698. The molecule has 0 unspecified atom stereocenters. The molecule has 2 N–H and O–H groups in total. The molecule has 0 spiro atoms. The van der Waals surface area contributed by atoms with Crippen molar-refractivity contribution in [2.24, 2.45) is 0 Å². The maximum Gasteiger partial charge on any atom is 0.168 e. The summed E-state index contributed by atoms with van der Waals surface area (Å²) in [6, 6.07) is 9.14. The molecule has 0 aliphatic rings. The summed E-state index contributed by atoms with van der Waals surface area (Å²) in [7, 11) is 0. The van der Waals surface area contributed by atoms with Crippen LogP contribution >= 0.6 is 27.5 Å². The van der Waals surface area contributed by atoms with Crippen LogP contribution in [0.15, 0.2) is 41.0 Å². The van der Waals surface area contributed by atoms with Gasteiger partial charge in [0.25, 0.3) is 0 Å². The van der Waals surface area contributed by atoms with E-state index in [1.165, 1.54) is 0 Å². The van der Waals surface area contributed by atoms with Crippen LogP contribution in [-0.2, 0) is 0 Å². The number of nitrogen functional groups attached to an aromatic ring is 1. The Kier molecular flexibility index (Phi) is 2.72. The van der Waals surface area contributed by atoms with Crippen LogP contribution in [0.4, 0.5) is 5.69 Å². The number of anilines is 1. The normalized spacial score (nSPS) is 11.0. The lowest BCUT2D eigenvalue weighted by Crippen LogP contribution is -1.91. The van der Waals surface area contributed by atoms with E-state index in [1.807, 2.05) is 34.9 Å². The Bertz CT molecular complexity index is 718. The molecular weight excluding hydrogens is 316 g/mol. The zero-order valence-electron chi connectivity index (χ0n) is 9.14. The molecule has 0 atom stereocenters. The zero-order valence-corrected chi connectivity index (χ0v) is 11.5. The average molecular weight is 324 g/mol. The Hall–Kier alpha value is -1.59. The zero-order chi connectivity index (χ0) is 12.7. The summed E-state index contributed by atoms with van der Waals surface area (Å²) in [4.78, 5) is 0. The highest BCUT2D eigenvalue weighted by Gasteiger charge is 2.09. The second-order valence-electron chi connectivity index (χ2n) is 3.87. The summed E-state index contributed by atoms with van der Waals surface area (Å²) in [5.74, 6) is 0.709. The number of nitrogens with two attached hydrogens (primary N) is 1. The molecule has 0 aliphatic carbocycles. The predicted octanol–water partition coefficient (Wildman–Crippen LogP) is 3.39. The standard InChI is InChI=1S/C12H8BrClN4/c13-8-1-2-11-16-17-12(18(11)6-8)7-3-9(14)5-10(15)4-7/h1-6H,15H2. The molecule has 3 aromatic rings. The summed E-state index contributed by atoms with van der Waals surface area (Å²) in [6.45, 7) is 0. The summed E-state index contributed by atoms with van der Waals surface area (Å²) in [6.07, 6.45) is 1.90. The van der Waals surface area contributed by atoms with E-state index in [4.69, 9.17) is 17.3 Å². The van der Waals surface area contributed by atoms with Gasteiger partial charge < -0.3 is 5.73 Å². The van der Waals surface area contributed by atoms with Crippen molar-refractivity contribution in [1.29, 1.82) is 0 Å². The molecule has 0 saturated heterocycles. The smallest absolute Gasteiger partial charge is 0.168 e. The minimum atomic E-state index is 0.580. The number of pyridine rings is 1. The van der Waals surface area contributed by atoms with E-state index in [0.29, 0.717) is 16.5 Å². The summed E-state index contributed by atoms with van der Waals surface area (Å²) in [5, 5.41) is 8.85. The van der Waals surface area contributed by atoms with Gasteiger partial charge in [0.05, 0.1) is 0 Å². The molecule has 4 nitrogen and oxygen atoms in total. The number of hydrogen-bond donors (Lipinski definition) is 1. The number of benzene rings is 1. The van der Waals surface area contributed by atoms with E-state index in [2.05, 4.69) is 26.1 Å². The number of fused-ring (bicyclic) bond motifs is 1. The fourth-order valence-corrected chi connectivity index (χ4v) is 2.38. The van der Waals surface area contributed by atoms with Gasteiger partial charge in [-0.25, -0.2) is 0 Å². The van der Waals surface area contributed by atoms with E-state index >= 15 is 0 Å². The van der Waals surface area contributed by atoms with Gasteiger partial charge in [-0.1, -0.05) is 11.6 Å². The van der Waals surface area contributed by atoms with Crippen molar-refractivity contribution < 1.29 is 0 Å². The number of hydrogen-bond acceptors (Lipinski definition) is 3. The maximum atomic E-state index is 6.00. The molecule has 3 rings (SSSR count). The van der Waals surface area contributed by atoms with Crippen LogP contribution in [0, 0.1) is 0 Å². The van der Waals surface area contributed by atoms with E-state index < -0.39 is 0 Å². The van der Waals surface area contributed by atoms with Gasteiger partial charge in [0, 0.05) is 26.9 Å². The Balaban J connectivity index is 2.27. The van der Waals surface area contributed by atoms with Crippen molar-refractivity contribution in [2.75, 3.05) is 5.73 Å². The molecular formula is C12H8BrClN4. The van der Waals surface area contributed by atoms with Crippen LogP contribution in [0.2, 0.25) is 5.02 Å². The average Bonchev–Trinajstić information content (AvgIpc) is 2.70. The highest BCUT2D eigenvalue weighted by atomic mass is 79.9. The van der Waals surface area contributed by atoms with Gasteiger partial charge in [-0.15, -0.1) is 10.2 Å². The molecule has 0 amide bonds. The molecule has 2 aromatic heterocycles. The minimum Gasteiger partial charge on any atom is -0.399 e. The number of aromatic nitrogens is 3. The van der Waals surface area contributed by atoms with Crippen LogP contribution in [0.25, 0.3) is 17.0 Å². The molecule has 0 bridgehead atoms. The molecule has 1 aromatic carbocycles. The van der Waals surface area contributed by atoms with Gasteiger partial charge in [-0.05, 0) is 46.3 Å². The van der Waals surface area contributed by atoms with Crippen molar-refractivity contribution in [3.8, 4) is 11.4 Å². The molecule has 0 fully saturated rings. The monoisotopic (exact) mass is 322 g/mol. The Morgan fingerprint density at radius 1 is 1.17 bits per heavy atom. The van der Waals surface area contributed by atoms with Crippen LogP contribution in [0.3, 0.4) is 0 Å². The van der Waals surface area contributed by atoms with Gasteiger partial charge in [0.2, 0.25) is 0 Å². The molecule has 0 aliphatic heterocycles. The third-order valence-corrected chi connectivity index (χ3v) is 3.23. The van der Waals surface area contributed by atoms with E-state index in [9.17, 15) is 0 Å². The first-order valence-corrected chi connectivity index (χ1v) is 6.37. The second-order valence-corrected chi connectivity index (χ2v) is 5.22. The lowest BCUT2D eigenvalue weighted by Gasteiger charge is -2.03. The van der Waals surface area contributed by atoms with E-state index in [0.717, 1.165) is 15.7 Å². The predicted molar refractivity (Wildman–Crippen MR) is 75.5 cm³/mol. The fourth-order valence-electron chi connectivity index (χ4n) is 1.80. The third-order valence-electron chi connectivity index (χ3n) is 2.54. The highest BCUT2D eigenvalue weighted by Crippen LogP contribution is 2.25. The molecule has 18 heavy (non-hydrogen) atoms. The van der Waals surface area contributed by atoms with Crippen LogP contribution < -0.4 is 5.73 Å². The van der Waals surface area contributed by atoms with Gasteiger partial charge >= 0.3 is 0 Å². The summed E-state index contributed by atoms with van der Waals surface area (Å²) >= 11 is 9.43. The second kappa shape index (κ2) is 4.26. The van der Waals surface area contributed by atoms with Crippen molar-refractivity contribution in [2.45, 2.75) is 0 Å². The van der Waals surface area contributed by atoms with Crippen molar-refractivity contribution in [3.05, 3.63) is 46.0 Å². The lowest BCUT2D eigenvalue weighted by atomic mass is 10.2. The van der Waals surface area contributed by atoms with Crippen LogP contribution in [0.5, 0.6) is 0 Å². The molecule has 0 saturated carbocycles. The van der Waals surface area contributed by atoms with Gasteiger partial charge in [0.1, 0.15) is 0 Å². The first kappa shape index (κ1) is 11.5. The van der Waals surface area contributed by atoms with Crippen LogP contribution in [-0.4, -0.2) is 14.6 Å². The molecule has 90 valence electrons. The van der Waals surface area contributed by atoms with E-state index in [1.54, 1.807) is 6.07 Å². The summed E-state index contributed by atoms with van der Waals surface area (Å²) in [5.41, 5.74) is 8.00. The first-order valence-electron chi connectivity index (χ1n) is 5.20. The fraction of sp³-hybridized carbons (Fsp3) is 0. The highest BCUT2D eigenvalue weighted by molar-refractivity contribution is 9.10. The lowest BCUT2D eigenvalue weighted by molar-refractivity contribution is 1.11. The third kappa shape index (κ3) is 1.95. The molecule has 0 radical (unpaired) electrons. The van der Waals surface area contributed by atoms with Crippen LogP contribution in [0.1, 0.15) is 0 Å². The Labute approximate surface area is 117 Å². The van der Waals surface area contributed by atoms with Crippen molar-refractivity contribution in [3.63, 3.8) is 0 Å². The first-order chi connectivity index (χ1) is 8.63. The number of rotatable bonds is 1. The van der Waals surface area contributed by atoms with Crippen molar-refractivity contribution >= 4 is 38.9 Å². The SMILES string of the molecule is Nc1cc(Cl)cc(-c2nnc3ccc(Br)cn23)c1. The Morgan fingerprint density at radius 3 is 2.78 bits per heavy atom. The Morgan fingerprint density at radius 2 is 2.00 bits per heavy atom. The van der Waals surface area contributed by atoms with Gasteiger partial charge in [-0.2, -0.15) is 0 Å². The van der Waals surface area contributed by atoms with E-state index in [-0.39, 0.29) is 0 Å². The summed E-state index contributed by atoms with van der Waals surface area (Å²) < 4.78 is 2.83. The number of nitrogens with zero attached hydrogens (tertiary/aromatic N) is 3. The minimum absolute atomic E-state index is 0.580. The number of halogens is 2. The molecule has 6 heteroatoms. The topological polar surface area (TPSA) is 56.2 Å². The van der Waals surface area contributed by atoms with Crippen molar-refractivity contribution in [1.82, 2.24) is 14.6 Å². The van der Waals surface area contributed by atoms with Gasteiger partial charge in [-0.3, -0.25) is 4.40 Å². The van der Waals surface area contributed by atoms with Gasteiger partial charge in [0.15, 0.2) is 11.5 Å². The maximum absolute atomic E-state index is 6.00.